The van der Waals surface area contributed by atoms with Crippen LogP contribution in [0.15, 0.2) is 48.8 Å². The van der Waals surface area contributed by atoms with Crippen molar-refractivity contribution in [3.8, 4) is 5.75 Å². The van der Waals surface area contributed by atoms with Crippen molar-refractivity contribution in [1.82, 2.24) is 4.98 Å². The van der Waals surface area contributed by atoms with Gasteiger partial charge in [-0.15, -0.1) is 0 Å². The lowest BCUT2D eigenvalue weighted by Crippen LogP contribution is -2.01. The summed E-state index contributed by atoms with van der Waals surface area (Å²) in [6, 6.07) is 10.6. The zero-order valence-electron chi connectivity index (χ0n) is 10.00. The smallest absolute Gasteiger partial charge is 0.337 e. The summed E-state index contributed by atoms with van der Waals surface area (Å²) in [4.78, 5) is 15.2. The first-order valence-corrected chi connectivity index (χ1v) is 5.49. The minimum Gasteiger partial charge on any atom is -0.489 e. The molecule has 1 aromatic heterocycles. The van der Waals surface area contributed by atoms with Gasteiger partial charge in [0.25, 0.3) is 0 Å². The number of rotatable bonds is 4. The molecule has 0 saturated heterocycles. The van der Waals surface area contributed by atoms with Crippen molar-refractivity contribution in [2.75, 3.05) is 7.11 Å². The molecular formula is C14H13NO3. The third-order valence-corrected chi connectivity index (χ3v) is 2.40. The van der Waals surface area contributed by atoms with Crippen molar-refractivity contribution >= 4 is 5.97 Å². The number of aromatic nitrogens is 1. The van der Waals surface area contributed by atoms with Gasteiger partial charge in [-0.05, 0) is 30.3 Å². The van der Waals surface area contributed by atoms with Gasteiger partial charge >= 0.3 is 5.97 Å². The summed E-state index contributed by atoms with van der Waals surface area (Å²) in [6.07, 6.45) is 3.47. The highest BCUT2D eigenvalue weighted by atomic mass is 16.5. The van der Waals surface area contributed by atoms with Gasteiger partial charge < -0.3 is 9.47 Å². The zero-order valence-corrected chi connectivity index (χ0v) is 10.00. The standard InChI is InChI=1S/C14H13NO3/c1-17-14(16)12-4-6-13(7-5-12)18-10-11-3-2-8-15-9-11/h2-9H,10H2,1H3. The summed E-state index contributed by atoms with van der Waals surface area (Å²) in [5.41, 5.74) is 1.50. The van der Waals surface area contributed by atoms with Crippen LogP contribution in [0, 0.1) is 0 Å². The maximum Gasteiger partial charge on any atom is 0.337 e. The highest BCUT2D eigenvalue weighted by Gasteiger charge is 2.04. The van der Waals surface area contributed by atoms with Crippen molar-refractivity contribution in [2.45, 2.75) is 6.61 Å². The van der Waals surface area contributed by atoms with E-state index in [1.54, 1.807) is 36.7 Å². The minimum atomic E-state index is -0.353. The fourth-order valence-corrected chi connectivity index (χ4v) is 1.46. The van der Waals surface area contributed by atoms with E-state index in [9.17, 15) is 4.79 Å². The lowest BCUT2D eigenvalue weighted by molar-refractivity contribution is 0.0600. The van der Waals surface area contributed by atoms with Crippen LogP contribution in [0.5, 0.6) is 5.75 Å². The molecule has 0 amide bonds. The molecule has 0 aliphatic rings. The summed E-state index contributed by atoms with van der Waals surface area (Å²) in [5.74, 6) is 0.348. The van der Waals surface area contributed by atoms with Crippen LogP contribution in [0.25, 0.3) is 0 Å². The number of benzene rings is 1. The predicted molar refractivity (Wildman–Crippen MR) is 66.4 cm³/mol. The van der Waals surface area contributed by atoms with E-state index in [4.69, 9.17) is 4.74 Å². The second-order valence-electron chi connectivity index (χ2n) is 3.67. The number of ether oxygens (including phenoxy) is 2. The van der Waals surface area contributed by atoms with Crippen LogP contribution in [0.1, 0.15) is 15.9 Å². The van der Waals surface area contributed by atoms with Crippen LogP contribution in [-0.4, -0.2) is 18.1 Å². The van der Waals surface area contributed by atoms with Gasteiger partial charge in [-0.3, -0.25) is 4.98 Å². The zero-order chi connectivity index (χ0) is 12.8. The molecule has 0 bridgehead atoms. The number of carbonyl (C=O) groups excluding carboxylic acids is 1. The molecule has 4 heteroatoms. The second kappa shape index (κ2) is 5.82. The molecule has 0 aliphatic carbocycles. The summed E-state index contributed by atoms with van der Waals surface area (Å²) in [6.45, 7) is 0.450. The van der Waals surface area contributed by atoms with Crippen LogP contribution in [0.2, 0.25) is 0 Å². The number of esters is 1. The highest BCUT2D eigenvalue weighted by Crippen LogP contribution is 2.14. The first-order chi connectivity index (χ1) is 8.79. The summed E-state index contributed by atoms with van der Waals surface area (Å²) >= 11 is 0. The fraction of sp³-hybridized carbons (Fsp3) is 0.143. The van der Waals surface area contributed by atoms with Crippen molar-refractivity contribution < 1.29 is 14.3 Å². The molecule has 0 fully saturated rings. The van der Waals surface area contributed by atoms with Crippen LogP contribution in [0.3, 0.4) is 0 Å². The number of carbonyl (C=O) groups is 1. The minimum absolute atomic E-state index is 0.353. The largest absolute Gasteiger partial charge is 0.489 e. The number of hydrogen-bond acceptors (Lipinski definition) is 4. The van der Waals surface area contributed by atoms with Gasteiger partial charge in [0, 0.05) is 18.0 Å². The van der Waals surface area contributed by atoms with Gasteiger partial charge in [-0.25, -0.2) is 4.79 Å². The van der Waals surface area contributed by atoms with Crippen molar-refractivity contribution in [3.63, 3.8) is 0 Å². The van der Waals surface area contributed by atoms with Gasteiger partial charge in [0.2, 0.25) is 0 Å². The number of pyridine rings is 1. The molecule has 18 heavy (non-hydrogen) atoms. The fourth-order valence-electron chi connectivity index (χ4n) is 1.46. The maximum absolute atomic E-state index is 11.2. The Labute approximate surface area is 105 Å². The van der Waals surface area contributed by atoms with Gasteiger partial charge in [-0.1, -0.05) is 6.07 Å². The molecule has 4 nitrogen and oxygen atoms in total. The Bertz CT molecular complexity index is 508. The Hall–Kier alpha value is -2.36. The molecule has 2 rings (SSSR count). The second-order valence-corrected chi connectivity index (χ2v) is 3.67. The average Bonchev–Trinajstić information content (AvgIpc) is 2.46. The third-order valence-electron chi connectivity index (χ3n) is 2.40. The first-order valence-electron chi connectivity index (χ1n) is 5.49. The van der Waals surface area contributed by atoms with Gasteiger partial charge in [0.05, 0.1) is 12.7 Å². The van der Waals surface area contributed by atoms with E-state index in [1.165, 1.54) is 7.11 Å². The number of nitrogens with zero attached hydrogens (tertiary/aromatic N) is 1. The lowest BCUT2D eigenvalue weighted by atomic mass is 10.2. The topological polar surface area (TPSA) is 48.4 Å². The molecule has 92 valence electrons. The highest BCUT2D eigenvalue weighted by molar-refractivity contribution is 5.89. The van der Waals surface area contributed by atoms with E-state index in [-0.39, 0.29) is 5.97 Å². The molecule has 0 atom stereocenters. The summed E-state index contributed by atoms with van der Waals surface area (Å²) in [7, 11) is 1.36. The Kier molecular flexibility index (Phi) is 3.91. The van der Waals surface area contributed by atoms with Crippen molar-refractivity contribution in [1.29, 1.82) is 0 Å². The predicted octanol–water partition coefficient (Wildman–Crippen LogP) is 2.45. The van der Waals surface area contributed by atoms with Crippen LogP contribution in [0.4, 0.5) is 0 Å². The molecule has 1 aromatic carbocycles. The summed E-state index contributed by atoms with van der Waals surface area (Å²) in [5, 5.41) is 0. The maximum atomic E-state index is 11.2. The monoisotopic (exact) mass is 243 g/mol. The van der Waals surface area contributed by atoms with E-state index in [0.717, 1.165) is 5.56 Å². The van der Waals surface area contributed by atoms with Gasteiger partial charge in [-0.2, -0.15) is 0 Å². The Morgan fingerprint density at radius 2 is 2.00 bits per heavy atom. The van der Waals surface area contributed by atoms with Crippen LogP contribution >= 0.6 is 0 Å². The molecule has 0 radical (unpaired) electrons. The number of methoxy groups -OCH3 is 1. The molecule has 0 N–H and O–H groups in total. The van der Waals surface area contributed by atoms with Crippen LogP contribution < -0.4 is 4.74 Å². The molecule has 1 heterocycles. The van der Waals surface area contributed by atoms with E-state index >= 15 is 0 Å². The van der Waals surface area contributed by atoms with E-state index in [2.05, 4.69) is 9.72 Å². The van der Waals surface area contributed by atoms with Gasteiger partial charge in [0.15, 0.2) is 0 Å². The molecule has 0 saturated carbocycles. The normalized spacial score (nSPS) is 9.83. The molecular weight excluding hydrogens is 230 g/mol. The molecule has 2 aromatic rings. The Balaban J connectivity index is 1.97. The molecule has 0 aliphatic heterocycles. The third kappa shape index (κ3) is 3.07. The Morgan fingerprint density at radius 3 is 2.61 bits per heavy atom. The van der Waals surface area contributed by atoms with Gasteiger partial charge in [0.1, 0.15) is 12.4 Å². The number of hydrogen-bond donors (Lipinski definition) is 0. The molecule has 0 unspecified atom stereocenters. The lowest BCUT2D eigenvalue weighted by Gasteiger charge is -2.06. The van der Waals surface area contributed by atoms with E-state index in [0.29, 0.717) is 17.9 Å². The SMILES string of the molecule is COC(=O)c1ccc(OCc2cccnc2)cc1. The average molecular weight is 243 g/mol. The van der Waals surface area contributed by atoms with Crippen molar-refractivity contribution in [2.24, 2.45) is 0 Å². The molecule has 0 spiro atoms. The summed E-state index contributed by atoms with van der Waals surface area (Å²) < 4.78 is 10.2. The Morgan fingerprint density at radius 1 is 1.22 bits per heavy atom. The van der Waals surface area contributed by atoms with Crippen LogP contribution in [-0.2, 0) is 11.3 Å². The quantitative estimate of drug-likeness (QED) is 0.774. The van der Waals surface area contributed by atoms with E-state index < -0.39 is 0 Å². The van der Waals surface area contributed by atoms with E-state index in [1.807, 2.05) is 12.1 Å². The van der Waals surface area contributed by atoms with Crippen molar-refractivity contribution in [3.05, 3.63) is 59.9 Å². The first kappa shape index (κ1) is 12.1.